The number of hydrogen-bond donors (Lipinski definition) is 0. The number of benzene rings is 2. The number of amides is 1. The van der Waals surface area contributed by atoms with Gasteiger partial charge < -0.3 is 18.9 Å². The molecular formula is C24H26ClN3O4. The van der Waals surface area contributed by atoms with E-state index in [4.69, 9.17) is 25.6 Å². The maximum atomic E-state index is 13.4. The largest absolute Gasteiger partial charge is 0.497 e. The summed E-state index contributed by atoms with van der Waals surface area (Å²) in [6.45, 7) is 5.19. The molecule has 0 saturated carbocycles. The number of ether oxygens (including phenoxy) is 2. The Morgan fingerprint density at radius 1 is 1.09 bits per heavy atom. The molecule has 0 spiro atoms. The molecule has 3 aromatic rings. The summed E-state index contributed by atoms with van der Waals surface area (Å²) in [6.07, 6.45) is 0. The minimum absolute atomic E-state index is 0.0859. The van der Waals surface area contributed by atoms with Crippen molar-refractivity contribution in [2.24, 2.45) is 0 Å². The van der Waals surface area contributed by atoms with Crippen molar-refractivity contribution in [2.75, 3.05) is 40.4 Å². The molecule has 1 aromatic heterocycles. The summed E-state index contributed by atoms with van der Waals surface area (Å²) in [5, 5.41) is 4.66. The number of carbonyl (C=O) groups excluding carboxylic acids is 1. The van der Waals surface area contributed by atoms with Gasteiger partial charge >= 0.3 is 0 Å². The molecule has 168 valence electrons. The normalized spacial score (nSPS) is 14.4. The molecule has 4 rings (SSSR count). The summed E-state index contributed by atoms with van der Waals surface area (Å²) in [6, 6.07) is 13.1. The Balaban J connectivity index is 1.46. The Bertz CT molecular complexity index is 1110. The number of nitrogens with zero attached hydrogens (tertiary/aromatic N) is 3. The molecule has 0 atom stereocenters. The highest BCUT2D eigenvalue weighted by Gasteiger charge is 2.29. The van der Waals surface area contributed by atoms with Crippen molar-refractivity contribution in [2.45, 2.75) is 13.5 Å². The minimum Gasteiger partial charge on any atom is -0.497 e. The van der Waals surface area contributed by atoms with E-state index in [1.165, 1.54) is 0 Å². The molecule has 1 saturated heterocycles. The van der Waals surface area contributed by atoms with Crippen LogP contribution >= 0.6 is 11.6 Å². The Kier molecular flexibility index (Phi) is 6.67. The van der Waals surface area contributed by atoms with Gasteiger partial charge in [0, 0.05) is 43.9 Å². The number of aryl methyl sites for hydroxylation is 1. The third-order valence-electron chi connectivity index (χ3n) is 5.75. The summed E-state index contributed by atoms with van der Waals surface area (Å²) in [4.78, 5) is 17.5. The molecule has 1 fully saturated rings. The van der Waals surface area contributed by atoms with Gasteiger partial charge in [-0.1, -0.05) is 35.0 Å². The van der Waals surface area contributed by atoms with Crippen molar-refractivity contribution in [1.82, 2.24) is 15.0 Å². The second-order valence-corrected chi connectivity index (χ2v) is 8.10. The number of halogens is 1. The predicted octanol–water partition coefficient (Wildman–Crippen LogP) is 4.28. The first-order chi connectivity index (χ1) is 15.5. The van der Waals surface area contributed by atoms with Gasteiger partial charge in [-0.25, -0.2) is 0 Å². The molecule has 0 unspecified atom stereocenters. The first kappa shape index (κ1) is 22.2. The van der Waals surface area contributed by atoms with E-state index in [0.717, 1.165) is 36.7 Å². The van der Waals surface area contributed by atoms with Crippen LogP contribution in [0.2, 0.25) is 5.02 Å². The van der Waals surface area contributed by atoms with Crippen LogP contribution in [0.3, 0.4) is 0 Å². The lowest BCUT2D eigenvalue weighted by Gasteiger charge is -2.35. The van der Waals surface area contributed by atoms with Crippen LogP contribution < -0.4 is 9.47 Å². The van der Waals surface area contributed by atoms with Crippen molar-refractivity contribution in [3.05, 3.63) is 64.4 Å². The third kappa shape index (κ3) is 4.45. The molecule has 32 heavy (non-hydrogen) atoms. The lowest BCUT2D eigenvalue weighted by atomic mass is 10.0. The molecule has 0 aliphatic carbocycles. The minimum atomic E-state index is -0.0859. The van der Waals surface area contributed by atoms with E-state index in [1.807, 2.05) is 41.3 Å². The molecule has 0 radical (unpaired) electrons. The van der Waals surface area contributed by atoms with E-state index >= 15 is 0 Å². The van der Waals surface area contributed by atoms with Gasteiger partial charge in [-0.05, 0) is 31.2 Å². The third-order valence-corrected chi connectivity index (χ3v) is 6.08. The lowest BCUT2D eigenvalue weighted by molar-refractivity contribution is 0.0626. The second-order valence-electron chi connectivity index (χ2n) is 7.69. The average molecular weight is 456 g/mol. The Morgan fingerprint density at radius 2 is 1.84 bits per heavy atom. The molecule has 0 N–H and O–H groups in total. The monoisotopic (exact) mass is 455 g/mol. The topological polar surface area (TPSA) is 68.0 Å². The van der Waals surface area contributed by atoms with E-state index in [9.17, 15) is 4.79 Å². The van der Waals surface area contributed by atoms with E-state index in [1.54, 1.807) is 27.2 Å². The molecule has 2 heterocycles. The fourth-order valence-corrected chi connectivity index (χ4v) is 4.20. The number of carbonyl (C=O) groups is 1. The molecule has 2 aromatic carbocycles. The summed E-state index contributed by atoms with van der Waals surface area (Å²) in [5.74, 6) is 2.03. The van der Waals surface area contributed by atoms with E-state index < -0.39 is 0 Å². The lowest BCUT2D eigenvalue weighted by Crippen LogP contribution is -2.48. The molecule has 7 nitrogen and oxygen atoms in total. The molecular weight excluding hydrogens is 430 g/mol. The van der Waals surface area contributed by atoms with Gasteiger partial charge in [-0.15, -0.1) is 0 Å². The number of aromatic nitrogens is 1. The predicted molar refractivity (Wildman–Crippen MR) is 122 cm³/mol. The van der Waals surface area contributed by atoms with E-state index in [-0.39, 0.29) is 5.91 Å². The highest BCUT2D eigenvalue weighted by Crippen LogP contribution is 2.32. The summed E-state index contributed by atoms with van der Waals surface area (Å²) < 4.78 is 16.2. The Morgan fingerprint density at radius 3 is 2.53 bits per heavy atom. The van der Waals surface area contributed by atoms with Gasteiger partial charge in [-0.2, -0.15) is 0 Å². The maximum absolute atomic E-state index is 13.4. The van der Waals surface area contributed by atoms with Crippen molar-refractivity contribution in [1.29, 1.82) is 0 Å². The SMILES string of the molecule is COc1ccc(OC)c(CN2CCN(C(=O)c3c(-c4ccccc4Cl)noc3C)CC2)c1. The smallest absolute Gasteiger partial charge is 0.259 e. The van der Waals surface area contributed by atoms with Crippen LogP contribution in [0.4, 0.5) is 0 Å². The quantitative estimate of drug-likeness (QED) is 0.552. The number of methoxy groups -OCH3 is 2. The fourth-order valence-electron chi connectivity index (χ4n) is 3.97. The Hall–Kier alpha value is -3.03. The van der Waals surface area contributed by atoms with Gasteiger partial charge in [0.05, 0.1) is 19.2 Å². The summed E-state index contributed by atoms with van der Waals surface area (Å²) in [5.41, 5.74) is 2.71. The first-order valence-corrected chi connectivity index (χ1v) is 10.8. The van der Waals surface area contributed by atoms with Crippen LogP contribution in [0.1, 0.15) is 21.7 Å². The van der Waals surface area contributed by atoms with E-state index in [0.29, 0.717) is 40.7 Å². The van der Waals surface area contributed by atoms with Crippen LogP contribution in [0, 0.1) is 6.92 Å². The van der Waals surface area contributed by atoms with Crippen LogP contribution in [0.25, 0.3) is 11.3 Å². The van der Waals surface area contributed by atoms with Crippen LogP contribution in [0.15, 0.2) is 47.0 Å². The summed E-state index contributed by atoms with van der Waals surface area (Å²) >= 11 is 6.34. The first-order valence-electron chi connectivity index (χ1n) is 10.5. The van der Waals surface area contributed by atoms with E-state index in [2.05, 4.69) is 10.1 Å². The summed E-state index contributed by atoms with van der Waals surface area (Å²) in [7, 11) is 3.32. The number of piperazine rings is 1. The van der Waals surface area contributed by atoms with Crippen molar-refractivity contribution in [3.8, 4) is 22.8 Å². The molecule has 1 aliphatic heterocycles. The highest BCUT2D eigenvalue weighted by molar-refractivity contribution is 6.33. The van der Waals surface area contributed by atoms with Crippen molar-refractivity contribution >= 4 is 17.5 Å². The second kappa shape index (κ2) is 9.63. The standard InChI is InChI=1S/C24H26ClN3O4/c1-16-22(23(26-32-16)19-6-4-5-7-20(19)25)24(29)28-12-10-27(11-13-28)15-17-14-18(30-2)8-9-21(17)31-3/h4-9,14H,10-13,15H2,1-3H3. The highest BCUT2D eigenvalue weighted by atomic mass is 35.5. The number of rotatable bonds is 6. The fraction of sp³-hybridized carbons (Fsp3) is 0.333. The maximum Gasteiger partial charge on any atom is 0.259 e. The van der Waals surface area contributed by atoms with Crippen LogP contribution in [-0.4, -0.2) is 61.3 Å². The van der Waals surface area contributed by atoms with Crippen LogP contribution in [0.5, 0.6) is 11.5 Å². The van der Waals surface area contributed by atoms with Crippen molar-refractivity contribution < 1.29 is 18.8 Å². The zero-order valence-electron chi connectivity index (χ0n) is 18.4. The zero-order chi connectivity index (χ0) is 22.7. The zero-order valence-corrected chi connectivity index (χ0v) is 19.2. The molecule has 1 aliphatic rings. The van der Waals surface area contributed by atoms with Crippen LogP contribution in [-0.2, 0) is 6.54 Å². The van der Waals surface area contributed by atoms with Gasteiger partial charge in [-0.3, -0.25) is 9.69 Å². The molecule has 0 bridgehead atoms. The Labute approximate surface area is 192 Å². The van der Waals surface area contributed by atoms with Gasteiger partial charge in [0.25, 0.3) is 5.91 Å². The molecule has 8 heteroatoms. The van der Waals surface area contributed by atoms with Gasteiger partial charge in [0.15, 0.2) is 0 Å². The molecule has 1 amide bonds. The van der Waals surface area contributed by atoms with Gasteiger partial charge in [0.1, 0.15) is 28.5 Å². The number of hydrogen-bond acceptors (Lipinski definition) is 6. The van der Waals surface area contributed by atoms with Gasteiger partial charge in [0.2, 0.25) is 0 Å². The van der Waals surface area contributed by atoms with Crippen molar-refractivity contribution in [3.63, 3.8) is 0 Å². The average Bonchev–Trinajstić information content (AvgIpc) is 3.20.